The number of nitrogen functional groups attached to an aromatic ring is 1. The summed E-state index contributed by atoms with van der Waals surface area (Å²) in [7, 11) is 0. The van der Waals surface area contributed by atoms with Gasteiger partial charge in [0.05, 0.1) is 15.7 Å². The molecule has 0 aliphatic carbocycles. The van der Waals surface area contributed by atoms with E-state index in [9.17, 15) is 9.59 Å². The molecule has 1 aliphatic heterocycles. The number of likely N-dealkylation sites (tertiary alicyclic amines) is 1. The standard InChI is InChI=1S/C15H19Cl2N3O2/c1-2-13(21)20-6-4-3-5-12(20)15(22)19-9-7-10(16)14(18)11(17)8-9/h7-8,12H,2-6,18H2,1H3,(H,19,22). The van der Waals surface area contributed by atoms with Crippen LogP contribution < -0.4 is 11.1 Å². The average molecular weight is 344 g/mol. The molecule has 1 unspecified atom stereocenters. The van der Waals surface area contributed by atoms with E-state index in [0.29, 0.717) is 25.1 Å². The van der Waals surface area contributed by atoms with Gasteiger partial charge in [-0.15, -0.1) is 0 Å². The number of hydrogen-bond acceptors (Lipinski definition) is 3. The molecular weight excluding hydrogens is 325 g/mol. The number of nitrogens with two attached hydrogens (primary N) is 1. The van der Waals surface area contributed by atoms with E-state index in [1.807, 2.05) is 0 Å². The number of hydrogen-bond donors (Lipinski definition) is 2. The van der Waals surface area contributed by atoms with Gasteiger partial charge in [0.25, 0.3) is 0 Å². The van der Waals surface area contributed by atoms with E-state index in [2.05, 4.69) is 5.32 Å². The SMILES string of the molecule is CCC(=O)N1CCCCC1C(=O)Nc1cc(Cl)c(N)c(Cl)c1. The van der Waals surface area contributed by atoms with Gasteiger partial charge >= 0.3 is 0 Å². The number of rotatable bonds is 3. The van der Waals surface area contributed by atoms with Crippen LogP contribution in [0.2, 0.25) is 10.0 Å². The summed E-state index contributed by atoms with van der Waals surface area (Å²) >= 11 is 11.9. The third-order valence-electron chi connectivity index (χ3n) is 3.77. The largest absolute Gasteiger partial charge is 0.396 e. The van der Waals surface area contributed by atoms with Crippen LogP contribution in [0.1, 0.15) is 32.6 Å². The molecule has 2 rings (SSSR count). The Bertz CT molecular complexity index is 569. The third-order valence-corrected chi connectivity index (χ3v) is 4.40. The predicted molar refractivity (Wildman–Crippen MR) is 89.1 cm³/mol. The van der Waals surface area contributed by atoms with E-state index in [1.165, 1.54) is 0 Å². The van der Waals surface area contributed by atoms with Crippen LogP contribution >= 0.6 is 23.2 Å². The van der Waals surface area contributed by atoms with Crippen LogP contribution in [0.3, 0.4) is 0 Å². The number of piperidine rings is 1. The van der Waals surface area contributed by atoms with Gasteiger partial charge in [-0.1, -0.05) is 30.1 Å². The zero-order valence-corrected chi connectivity index (χ0v) is 13.9. The minimum atomic E-state index is -0.448. The lowest BCUT2D eigenvalue weighted by molar-refractivity contribution is -0.140. The van der Waals surface area contributed by atoms with Gasteiger partial charge in [0, 0.05) is 18.7 Å². The highest BCUT2D eigenvalue weighted by molar-refractivity contribution is 6.39. The molecule has 1 aromatic rings. The Morgan fingerprint density at radius 3 is 2.55 bits per heavy atom. The van der Waals surface area contributed by atoms with E-state index in [-0.39, 0.29) is 27.5 Å². The highest BCUT2D eigenvalue weighted by atomic mass is 35.5. The summed E-state index contributed by atoms with van der Waals surface area (Å²) in [5.41, 5.74) is 6.43. The maximum Gasteiger partial charge on any atom is 0.247 e. The van der Waals surface area contributed by atoms with Crippen molar-refractivity contribution in [2.75, 3.05) is 17.6 Å². The second-order valence-corrected chi connectivity index (χ2v) is 6.11. The van der Waals surface area contributed by atoms with Crippen molar-refractivity contribution in [3.8, 4) is 0 Å². The van der Waals surface area contributed by atoms with Crippen LogP contribution in [-0.2, 0) is 9.59 Å². The minimum absolute atomic E-state index is 0.00628. The van der Waals surface area contributed by atoms with Crippen molar-refractivity contribution in [1.82, 2.24) is 4.90 Å². The maximum absolute atomic E-state index is 12.5. The summed E-state index contributed by atoms with van der Waals surface area (Å²) in [6.07, 6.45) is 2.90. The van der Waals surface area contributed by atoms with E-state index in [1.54, 1.807) is 24.0 Å². The number of carbonyl (C=O) groups is 2. The number of benzene rings is 1. The van der Waals surface area contributed by atoms with Crippen molar-refractivity contribution in [3.05, 3.63) is 22.2 Å². The van der Waals surface area contributed by atoms with Gasteiger partial charge < -0.3 is 16.0 Å². The highest BCUT2D eigenvalue weighted by Gasteiger charge is 2.31. The van der Waals surface area contributed by atoms with E-state index < -0.39 is 6.04 Å². The molecule has 1 fully saturated rings. The molecule has 120 valence electrons. The normalized spacial score (nSPS) is 18.1. The lowest BCUT2D eigenvalue weighted by Crippen LogP contribution is -2.49. The van der Waals surface area contributed by atoms with Crippen LogP contribution in [0.15, 0.2) is 12.1 Å². The van der Waals surface area contributed by atoms with Crippen LogP contribution in [0.5, 0.6) is 0 Å². The molecule has 1 heterocycles. The number of halogens is 2. The number of amides is 2. The van der Waals surface area contributed by atoms with Crippen LogP contribution in [0, 0.1) is 0 Å². The first-order valence-corrected chi connectivity index (χ1v) is 8.04. The Hall–Kier alpha value is -1.46. The molecule has 0 radical (unpaired) electrons. The van der Waals surface area contributed by atoms with Crippen molar-refractivity contribution in [1.29, 1.82) is 0 Å². The van der Waals surface area contributed by atoms with Crippen molar-refractivity contribution < 1.29 is 9.59 Å². The molecule has 0 bridgehead atoms. The molecule has 0 saturated carbocycles. The first kappa shape index (κ1) is 16.9. The summed E-state index contributed by atoms with van der Waals surface area (Å²) in [6.45, 7) is 2.42. The monoisotopic (exact) mass is 343 g/mol. The molecule has 5 nitrogen and oxygen atoms in total. The van der Waals surface area contributed by atoms with Crippen molar-refractivity contribution in [2.45, 2.75) is 38.6 Å². The second kappa shape index (κ2) is 7.20. The smallest absolute Gasteiger partial charge is 0.247 e. The summed E-state index contributed by atoms with van der Waals surface area (Å²) in [5.74, 6) is -0.230. The van der Waals surface area contributed by atoms with Crippen molar-refractivity contribution >= 4 is 46.4 Å². The molecule has 0 spiro atoms. The Morgan fingerprint density at radius 1 is 1.32 bits per heavy atom. The average Bonchev–Trinajstić information content (AvgIpc) is 2.51. The van der Waals surface area contributed by atoms with Crippen molar-refractivity contribution in [2.24, 2.45) is 0 Å². The fourth-order valence-electron chi connectivity index (χ4n) is 2.59. The van der Waals surface area contributed by atoms with Gasteiger partial charge in [-0.25, -0.2) is 0 Å². The predicted octanol–water partition coefficient (Wildman–Crippen LogP) is 3.31. The third kappa shape index (κ3) is 3.65. The molecular formula is C15H19Cl2N3O2. The summed E-state index contributed by atoms with van der Waals surface area (Å²) in [6, 6.07) is 2.65. The van der Waals surface area contributed by atoms with Gasteiger partial charge in [-0.2, -0.15) is 0 Å². The highest BCUT2D eigenvalue weighted by Crippen LogP contribution is 2.31. The molecule has 7 heteroatoms. The molecule has 1 aliphatic rings. The van der Waals surface area contributed by atoms with Crippen LogP contribution in [-0.4, -0.2) is 29.3 Å². The van der Waals surface area contributed by atoms with Gasteiger partial charge in [-0.05, 0) is 31.4 Å². The second-order valence-electron chi connectivity index (χ2n) is 5.30. The van der Waals surface area contributed by atoms with Gasteiger partial charge in [-0.3, -0.25) is 9.59 Å². The summed E-state index contributed by atoms with van der Waals surface area (Å²) < 4.78 is 0. The topological polar surface area (TPSA) is 75.4 Å². The number of nitrogens with zero attached hydrogens (tertiary/aromatic N) is 1. The lowest BCUT2D eigenvalue weighted by atomic mass is 10.0. The van der Waals surface area contributed by atoms with Gasteiger partial charge in [0.15, 0.2) is 0 Å². The Labute approximate surface area is 139 Å². The summed E-state index contributed by atoms with van der Waals surface area (Å²) in [5, 5.41) is 3.34. The molecule has 1 aromatic carbocycles. The Balaban J connectivity index is 2.15. The molecule has 0 aromatic heterocycles. The number of carbonyl (C=O) groups excluding carboxylic acids is 2. The fourth-order valence-corrected chi connectivity index (χ4v) is 3.07. The molecule has 2 amide bonds. The zero-order valence-electron chi connectivity index (χ0n) is 12.4. The molecule has 22 heavy (non-hydrogen) atoms. The fraction of sp³-hybridized carbons (Fsp3) is 0.467. The lowest BCUT2D eigenvalue weighted by Gasteiger charge is -2.34. The van der Waals surface area contributed by atoms with E-state index in [0.717, 1.165) is 12.8 Å². The number of nitrogens with one attached hydrogen (secondary N) is 1. The maximum atomic E-state index is 12.5. The summed E-state index contributed by atoms with van der Waals surface area (Å²) in [4.78, 5) is 26.1. The zero-order chi connectivity index (χ0) is 16.3. The minimum Gasteiger partial charge on any atom is -0.396 e. The Morgan fingerprint density at radius 2 is 1.95 bits per heavy atom. The van der Waals surface area contributed by atoms with E-state index >= 15 is 0 Å². The van der Waals surface area contributed by atoms with Gasteiger partial charge in [0.1, 0.15) is 6.04 Å². The molecule has 1 saturated heterocycles. The first-order valence-electron chi connectivity index (χ1n) is 7.29. The Kier molecular flexibility index (Phi) is 5.53. The van der Waals surface area contributed by atoms with Crippen LogP contribution in [0.25, 0.3) is 0 Å². The first-order chi connectivity index (χ1) is 10.4. The van der Waals surface area contributed by atoms with E-state index in [4.69, 9.17) is 28.9 Å². The molecule has 1 atom stereocenters. The molecule has 3 N–H and O–H groups in total. The number of anilines is 2. The quantitative estimate of drug-likeness (QED) is 0.826. The van der Waals surface area contributed by atoms with Crippen LogP contribution in [0.4, 0.5) is 11.4 Å². The van der Waals surface area contributed by atoms with Gasteiger partial charge in [0.2, 0.25) is 11.8 Å². The van der Waals surface area contributed by atoms with Crippen molar-refractivity contribution in [3.63, 3.8) is 0 Å².